The van der Waals surface area contributed by atoms with Gasteiger partial charge >= 0.3 is 5.97 Å². The number of carboxylic acids is 1. The molecule has 1 aromatic carbocycles. The predicted octanol–water partition coefficient (Wildman–Crippen LogP) is 2.67. The summed E-state index contributed by atoms with van der Waals surface area (Å²) in [6.07, 6.45) is 5.94. The third-order valence-corrected chi connectivity index (χ3v) is 5.72. The number of hydrogen-bond donors (Lipinski definition) is 2. The van der Waals surface area contributed by atoms with Crippen molar-refractivity contribution in [2.24, 2.45) is 5.73 Å². The minimum Gasteiger partial charge on any atom is -0.487 e. The zero-order valence-corrected chi connectivity index (χ0v) is 16.3. The van der Waals surface area contributed by atoms with E-state index in [2.05, 4.69) is 0 Å². The van der Waals surface area contributed by atoms with Gasteiger partial charge in [0.05, 0.1) is 16.9 Å². The van der Waals surface area contributed by atoms with E-state index in [-0.39, 0.29) is 23.6 Å². The molecule has 0 spiro atoms. The summed E-state index contributed by atoms with van der Waals surface area (Å²) >= 11 is 0. The van der Waals surface area contributed by atoms with Gasteiger partial charge in [0.1, 0.15) is 17.9 Å². The van der Waals surface area contributed by atoms with Gasteiger partial charge in [-0.25, -0.2) is 9.18 Å². The lowest BCUT2D eigenvalue weighted by Gasteiger charge is -2.32. The van der Waals surface area contributed by atoms with Crippen molar-refractivity contribution in [3.63, 3.8) is 0 Å². The van der Waals surface area contributed by atoms with Crippen LogP contribution in [0.2, 0.25) is 0 Å². The van der Waals surface area contributed by atoms with Crippen molar-refractivity contribution in [3.8, 4) is 5.75 Å². The third kappa shape index (κ3) is 3.27. The van der Waals surface area contributed by atoms with E-state index < -0.39 is 17.2 Å². The molecule has 1 fully saturated rings. The molecule has 0 amide bonds. The molecule has 1 aromatic heterocycles. The fraction of sp³-hybridized carbons (Fsp3) is 0.429. The van der Waals surface area contributed by atoms with Crippen molar-refractivity contribution in [2.45, 2.75) is 32.2 Å². The number of aromatic carboxylic acids is 1. The molecule has 4 rings (SSSR count). The highest BCUT2D eigenvalue weighted by Gasteiger charge is 2.30. The molecule has 2 aliphatic rings. The first-order valence-electron chi connectivity index (χ1n) is 9.82. The van der Waals surface area contributed by atoms with E-state index in [0.717, 1.165) is 25.3 Å². The summed E-state index contributed by atoms with van der Waals surface area (Å²) in [5.74, 6) is -1.57. The Hall–Kier alpha value is -2.87. The lowest BCUT2D eigenvalue weighted by Crippen LogP contribution is -2.30. The van der Waals surface area contributed by atoms with Crippen LogP contribution < -0.4 is 20.8 Å². The van der Waals surface area contributed by atoms with Crippen LogP contribution in [0.1, 0.15) is 42.6 Å². The van der Waals surface area contributed by atoms with E-state index in [0.29, 0.717) is 36.6 Å². The zero-order chi connectivity index (χ0) is 20.7. The first-order chi connectivity index (χ1) is 13.9. The number of benzene rings is 1. The normalized spacial score (nSPS) is 20.6. The zero-order valence-electron chi connectivity index (χ0n) is 16.3. The van der Waals surface area contributed by atoms with Crippen LogP contribution in [0.4, 0.5) is 10.1 Å². The maximum Gasteiger partial charge on any atom is 0.341 e. The molecule has 1 atom stereocenters. The summed E-state index contributed by atoms with van der Waals surface area (Å²) in [6.45, 7) is 3.92. The molecule has 2 aliphatic heterocycles. The Morgan fingerprint density at radius 1 is 1.41 bits per heavy atom. The smallest absolute Gasteiger partial charge is 0.341 e. The van der Waals surface area contributed by atoms with Crippen molar-refractivity contribution >= 4 is 22.6 Å². The second kappa shape index (κ2) is 7.51. The molecule has 0 saturated carbocycles. The Balaban J connectivity index is 1.91. The van der Waals surface area contributed by atoms with Gasteiger partial charge in [0, 0.05) is 25.8 Å². The molecule has 7 nitrogen and oxygen atoms in total. The summed E-state index contributed by atoms with van der Waals surface area (Å²) in [4.78, 5) is 26.1. The highest BCUT2D eigenvalue weighted by molar-refractivity contribution is 5.97. The van der Waals surface area contributed by atoms with Gasteiger partial charge in [-0.3, -0.25) is 4.79 Å². The van der Waals surface area contributed by atoms with E-state index in [9.17, 15) is 14.7 Å². The number of hydrogen-bond acceptors (Lipinski definition) is 5. The van der Waals surface area contributed by atoms with Crippen LogP contribution in [0.25, 0.3) is 10.9 Å². The van der Waals surface area contributed by atoms with Gasteiger partial charge in [-0.05, 0) is 32.3 Å². The molecule has 29 heavy (non-hydrogen) atoms. The van der Waals surface area contributed by atoms with Crippen LogP contribution >= 0.6 is 0 Å². The Kier molecular flexibility index (Phi) is 5.04. The molecular weight excluding hydrogens is 377 g/mol. The van der Waals surface area contributed by atoms with E-state index in [1.54, 1.807) is 4.57 Å². The average molecular weight is 401 g/mol. The van der Waals surface area contributed by atoms with Crippen LogP contribution in [0.3, 0.4) is 0 Å². The number of carbonyl (C=O) groups is 1. The molecule has 3 N–H and O–H groups in total. The van der Waals surface area contributed by atoms with Crippen molar-refractivity contribution in [3.05, 3.63) is 45.5 Å². The lowest BCUT2D eigenvalue weighted by molar-refractivity contribution is 0.0694. The van der Waals surface area contributed by atoms with Crippen LogP contribution in [0, 0.1) is 5.82 Å². The fourth-order valence-electron chi connectivity index (χ4n) is 4.27. The highest BCUT2D eigenvalue weighted by atomic mass is 19.1. The van der Waals surface area contributed by atoms with Crippen LogP contribution in [0.5, 0.6) is 5.75 Å². The molecule has 2 aromatic rings. The third-order valence-electron chi connectivity index (χ3n) is 5.72. The summed E-state index contributed by atoms with van der Waals surface area (Å²) in [5, 5.41) is 9.42. The maximum absolute atomic E-state index is 15.2. The number of nitrogens with two attached hydrogens (primary N) is 1. The molecule has 3 heterocycles. The minimum absolute atomic E-state index is 0.0336. The van der Waals surface area contributed by atoms with Gasteiger partial charge in [-0.2, -0.15) is 0 Å². The molecule has 0 unspecified atom stereocenters. The number of anilines is 1. The summed E-state index contributed by atoms with van der Waals surface area (Å²) in [5.41, 5.74) is 6.63. The number of carboxylic acid groups (broad SMARTS) is 1. The van der Waals surface area contributed by atoms with Crippen molar-refractivity contribution in [2.75, 3.05) is 31.1 Å². The average Bonchev–Trinajstić information content (AvgIpc) is 2.91. The van der Waals surface area contributed by atoms with Gasteiger partial charge in [-0.15, -0.1) is 0 Å². The van der Waals surface area contributed by atoms with Gasteiger partial charge in [0.2, 0.25) is 5.43 Å². The lowest BCUT2D eigenvalue weighted by atomic mass is 10.1. The number of halogens is 1. The Bertz CT molecular complexity index is 1080. The Morgan fingerprint density at radius 3 is 2.93 bits per heavy atom. The SMILES string of the molecule is C[C@H]1COc2c(N3CCC/C(=C/CN)CC3)c(F)cc3c(=O)c(C(=O)O)cn1c23. The molecular formula is C21H24FN3O4. The molecule has 8 heteroatoms. The standard InChI is InChI=1S/C21H24FN3O4/c1-12-11-29-20-17-14(19(26)15(21(27)28)10-25(12)17)9-16(22)18(20)24-7-2-3-13(4-6-23)5-8-24/h4,9-10,12H,2-3,5-8,11,23H2,1H3,(H,27,28)/b13-4-/t12-/m0/s1. The quantitative estimate of drug-likeness (QED) is 0.768. The monoisotopic (exact) mass is 401 g/mol. The van der Waals surface area contributed by atoms with E-state index >= 15 is 4.39 Å². The fourth-order valence-corrected chi connectivity index (χ4v) is 4.27. The second-order valence-corrected chi connectivity index (χ2v) is 7.62. The second-order valence-electron chi connectivity index (χ2n) is 7.62. The number of rotatable bonds is 3. The largest absolute Gasteiger partial charge is 0.487 e. The van der Waals surface area contributed by atoms with Crippen LogP contribution in [-0.2, 0) is 0 Å². The van der Waals surface area contributed by atoms with Crippen LogP contribution in [0.15, 0.2) is 28.7 Å². The molecule has 0 bridgehead atoms. The highest BCUT2D eigenvalue weighted by Crippen LogP contribution is 2.42. The number of nitrogens with zero attached hydrogens (tertiary/aromatic N) is 2. The maximum atomic E-state index is 15.2. The van der Waals surface area contributed by atoms with Gasteiger partial charge in [-0.1, -0.05) is 11.6 Å². The Labute approximate surface area is 167 Å². The van der Waals surface area contributed by atoms with Crippen molar-refractivity contribution in [1.29, 1.82) is 0 Å². The molecule has 1 saturated heterocycles. The minimum atomic E-state index is -1.32. The van der Waals surface area contributed by atoms with Crippen molar-refractivity contribution in [1.82, 2.24) is 4.57 Å². The van der Waals surface area contributed by atoms with Crippen LogP contribution in [-0.4, -0.2) is 41.9 Å². The van der Waals surface area contributed by atoms with E-state index in [1.165, 1.54) is 11.8 Å². The number of aromatic nitrogens is 1. The molecule has 0 aliphatic carbocycles. The van der Waals surface area contributed by atoms with Crippen molar-refractivity contribution < 1.29 is 19.0 Å². The molecule has 0 radical (unpaired) electrons. The summed E-state index contributed by atoms with van der Waals surface area (Å²) < 4.78 is 22.9. The first kappa shape index (κ1) is 19.4. The topological polar surface area (TPSA) is 97.8 Å². The first-order valence-corrected chi connectivity index (χ1v) is 9.82. The van der Waals surface area contributed by atoms with Gasteiger partial charge in [0.25, 0.3) is 0 Å². The predicted molar refractivity (Wildman–Crippen MR) is 109 cm³/mol. The summed E-state index contributed by atoms with van der Waals surface area (Å²) in [7, 11) is 0. The summed E-state index contributed by atoms with van der Waals surface area (Å²) in [6, 6.07) is 0.979. The number of pyridine rings is 1. The van der Waals surface area contributed by atoms with Gasteiger partial charge in [0.15, 0.2) is 11.6 Å². The molecule has 154 valence electrons. The van der Waals surface area contributed by atoms with Gasteiger partial charge < -0.3 is 25.0 Å². The van der Waals surface area contributed by atoms with E-state index in [1.807, 2.05) is 17.9 Å². The number of ether oxygens (including phenoxy) is 1. The van der Waals surface area contributed by atoms with E-state index in [4.69, 9.17) is 10.5 Å². The Morgan fingerprint density at radius 2 is 2.21 bits per heavy atom.